The second-order valence-electron chi connectivity index (χ2n) is 17.7. The zero-order valence-electron chi connectivity index (χ0n) is 43.8. The molecule has 0 bridgehead atoms. The van der Waals surface area contributed by atoms with Crippen LogP contribution in [0.25, 0.3) is 0 Å². The fourth-order valence-electron chi connectivity index (χ4n) is 7.17. The van der Waals surface area contributed by atoms with Gasteiger partial charge in [0.25, 0.3) is 0 Å². The van der Waals surface area contributed by atoms with Crippen molar-refractivity contribution in [3.8, 4) is 0 Å². The highest BCUT2D eigenvalue weighted by Gasteiger charge is 2.19. The molecule has 0 aliphatic rings. The average Bonchev–Trinajstić information content (AvgIpc) is 3.34. The predicted molar refractivity (Wildman–Crippen MR) is 293 cm³/mol. The van der Waals surface area contributed by atoms with E-state index in [-0.39, 0.29) is 31.1 Å². The van der Waals surface area contributed by atoms with Gasteiger partial charge in [-0.05, 0) is 122 Å². The molecule has 0 amide bonds. The number of hydrogen-bond donors (Lipinski definition) is 0. The largest absolute Gasteiger partial charge is 0.462 e. The quantitative estimate of drug-likeness (QED) is 0.0262. The van der Waals surface area contributed by atoms with Crippen molar-refractivity contribution < 1.29 is 28.6 Å². The lowest BCUT2D eigenvalue weighted by Gasteiger charge is -2.18. The Morgan fingerprint density at radius 2 is 0.529 bits per heavy atom. The number of unbranched alkanes of at least 4 members (excludes halogenated alkanes) is 17. The third kappa shape index (κ3) is 52.8. The molecule has 0 N–H and O–H groups in total. The molecule has 0 heterocycles. The van der Waals surface area contributed by atoms with E-state index < -0.39 is 6.10 Å². The Hall–Kier alpha value is -4.19. The van der Waals surface area contributed by atoms with E-state index in [0.717, 1.165) is 154 Å². The van der Waals surface area contributed by atoms with Gasteiger partial charge in [0.05, 0.1) is 0 Å². The van der Waals surface area contributed by atoms with Crippen molar-refractivity contribution in [2.75, 3.05) is 13.2 Å². The van der Waals surface area contributed by atoms with Crippen molar-refractivity contribution in [2.24, 2.45) is 0 Å². The van der Waals surface area contributed by atoms with Crippen molar-refractivity contribution >= 4 is 17.9 Å². The molecule has 68 heavy (non-hydrogen) atoms. The van der Waals surface area contributed by atoms with Crippen LogP contribution in [0.15, 0.2) is 122 Å². The van der Waals surface area contributed by atoms with Gasteiger partial charge in [0.2, 0.25) is 0 Å². The number of esters is 3. The number of rotatable bonds is 48. The van der Waals surface area contributed by atoms with Crippen LogP contribution in [0.1, 0.15) is 233 Å². The number of allylic oxidation sites excluding steroid dienone is 20. The molecule has 6 nitrogen and oxygen atoms in total. The highest BCUT2D eigenvalue weighted by atomic mass is 16.6. The van der Waals surface area contributed by atoms with Gasteiger partial charge in [-0.2, -0.15) is 0 Å². The molecule has 6 heteroatoms. The highest BCUT2D eigenvalue weighted by Crippen LogP contribution is 2.14. The van der Waals surface area contributed by atoms with Crippen molar-refractivity contribution in [3.63, 3.8) is 0 Å². The molecule has 0 aliphatic carbocycles. The zero-order valence-corrected chi connectivity index (χ0v) is 43.8. The highest BCUT2D eigenvalue weighted by molar-refractivity contribution is 5.71. The molecule has 0 rings (SSSR count). The van der Waals surface area contributed by atoms with Gasteiger partial charge in [0.15, 0.2) is 6.10 Å². The third-order valence-corrected chi connectivity index (χ3v) is 11.2. The second-order valence-corrected chi connectivity index (χ2v) is 17.7. The van der Waals surface area contributed by atoms with E-state index in [0.29, 0.717) is 19.3 Å². The summed E-state index contributed by atoms with van der Waals surface area (Å²) in [7, 11) is 0. The van der Waals surface area contributed by atoms with Gasteiger partial charge in [0.1, 0.15) is 13.2 Å². The van der Waals surface area contributed by atoms with E-state index in [1.54, 1.807) is 0 Å². The molecule has 1 unspecified atom stereocenters. The maximum atomic E-state index is 12.8. The number of carbonyl (C=O) groups excluding carboxylic acids is 3. The van der Waals surface area contributed by atoms with Gasteiger partial charge in [-0.3, -0.25) is 14.4 Å². The SMILES string of the molecule is CC/C=C\C/C=C\C/C=C\C/C=C\C/C=C\CCCCCC(=O)OCC(COC(=O)CCCCCCC/C=C\C/C=C\CC)OC(=O)CCCCCCCCCCC/C=C\C/C=C\C/C=C\CC. The minimum absolute atomic E-state index is 0.101. The molecule has 1 atom stereocenters. The van der Waals surface area contributed by atoms with Crippen LogP contribution in [0.2, 0.25) is 0 Å². The molecule has 0 radical (unpaired) electrons. The van der Waals surface area contributed by atoms with E-state index in [2.05, 4.69) is 142 Å². The summed E-state index contributed by atoms with van der Waals surface area (Å²) in [6.07, 6.45) is 76.1. The monoisotopic (exact) mass is 941 g/mol. The fourth-order valence-corrected chi connectivity index (χ4v) is 7.17. The van der Waals surface area contributed by atoms with Crippen LogP contribution in [0, 0.1) is 0 Å². The summed E-state index contributed by atoms with van der Waals surface area (Å²) in [5.74, 6) is -0.958. The molecule has 0 spiro atoms. The van der Waals surface area contributed by atoms with Gasteiger partial charge < -0.3 is 14.2 Å². The number of hydrogen-bond acceptors (Lipinski definition) is 6. The molecule has 0 aromatic heterocycles. The summed E-state index contributed by atoms with van der Waals surface area (Å²) in [5, 5.41) is 0. The van der Waals surface area contributed by atoms with Crippen molar-refractivity contribution in [2.45, 2.75) is 239 Å². The summed E-state index contributed by atoms with van der Waals surface area (Å²) >= 11 is 0. The summed E-state index contributed by atoms with van der Waals surface area (Å²) in [5.41, 5.74) is 0. The maximum Gasteiger partial charge on any atom is 0.306 e. The third-order valence-electron chi connectivity index (χ3n) is 11.2. The Morgan fingerprint density at radius 3 is 0.838 bits per heavy atom. The molecular weight excluding hydrogens is 841 g/mol. The molecule has 0 fully saturated rings. The van der Waals surface area contributed by atoms with Crippen LogP contribution in [-0.4, -0.2) is 37.2 Å². The van der Waals surface area contributed by atoms with Crippen molar-refractivity contribution in [3.05, 3.63) is 122 Å². The molecule has 0 aromatic rings. The first-order valence-corrected chi connectivity index (χ1v) is 27.5. The summed E-state index contributed by atoms with van der Waals surface area (Å²) in [4.78, 5) is 38.1. The lowest BCUT2D eigenvalue weighted by atomic mass is 10.1. The Bertz CT molecular complexity index is 1450. The smallest absolute Gasteiger partial charge is 0.306 e. The van der Waals surface area contributed by atoms with E-state index in [1.807, 2.05) is 0 Å². The van der Waals surface area contributed by atoms with Gasteiger partial charge in [-0.1, -0.05) is 213 Å². The van der Waals surface area contributed by atoms with E-state index in [1.165, 1.54) is 38.5 Å². The Labute approximate surface area is 418 Å². The normalized spacial score (nSPS) is 13.0. The summed E-state index contributed by atoms with van der Waals surface area (Å²) in [6, 6.07) is 0. The Kier molecular flexibility index (Phi) is 52.0. The van der Waals surface area contributed by atoms with Crippen LogP contribution in [0.5, 0.6) is 0 Å². The van der Waals surface area contributed by atoms with E-state index in [4.69, 9.17) is 14.2 Å². The Balaban J connectivity index is 4.46. The molecule has 0 aromatic carbocycles. The standard InChI is InChI=1S/C62H100O6/c1-4-7-10-13-16-19-22-25-27-29-31-33-35-37-40-43-46-49-52-55-61(64)67-58-59(57-66-60(63)54-51-48-45-42-39-24-21-18-15-12-9-6-3)68-62(65)56-53-50-47-44-41-38-36-34-32-30-28-26-23-20-17-14-11-8-5-2/h7-12,16-21,25-28,31,33,37,40,59H,4-6,13-15,22-24,29-30,32,34-36,38-39,41-58H2,1-3H3/b10-7-,11-8-,12-9-,19-16-,20-17-,21-18-,27-25-,28-26-,33-31-,40-37-. The van der Waals surface area contributed by atoms with Crippen molar-refractivity contribution in [1.82, 2.24) is 0 Å². The van der Waals surface area contributed by atoms with E-state index in [9.17, 15) is 14.4 Å². The van der Waals surface area contributed by atoms with E-state index >= 15 is 0 Å². The van der Waals surface area contributed by atoms with Gasteiger partial charge in [-0.15, -0.1) is 0 Å². The minimum atomic E-state index is -0.804. The molecular formula is C62H100O6. The van der Waals surface area contributed by atoms with Crippen LogP contribution < -0.4 is 0 Å². The first-order valence-electron chi connectivity index (χ1n) is 27.5. The van der Waals surface area contributed by atoms with Gasteiger partial charge >= 0.3 is 17.9 Å². The van der Waals surface area contributed by atoms with Crippen LogP contribution in [-0.2, 0) is 28.6 Å². The van der Waals surface area contributed by atoms with Gasteiger partial charge in [0, 0.05) is 19.3 Å². The fraction of sp³-hybridized carbons (Fsp3) is 0.629. The molecule has 0 saturated carbocycles. The lowest BCUT2D eigenvalue weighted by Crippen LogP contribution is -2.30. The van der Waals surface area contributed by atoms with Gasteiger partial charge in [-0.25, -0.2) is 0 Å². The molecule has 0 saturated heterocycles. The summed E-state index contributed by atoms with van der Waals surface area (Å²) < 4.78 is 16.8. The first-order chi connectivity index (χ1) is 33.5. The van der Waals surface area contributed by atoms with Crippen LogP contribution in [0.3, 0.4) is 0 Å². The Morgan fingerprint density at radius 1 is 0.294 bits per heavy atom. The van der Waals surface area contributed by atoms with Crippen LogP contribution >= 0.6 is 0 Å². The second kappa shape index (κ2) is 55.4. The first kappa shape index (κ1) is 63.8. The number of carbonyl (C=O) groups is 3. The van der Waals surface area contributed by atoms with Crippen molar-refractivity contribution in [1.29, 1.82) is 0 Å². The minimum Gasteiger partial charge on any atom is -0.462 e. The lowest BCUT2D eigenvalue weighted by molar-refractivity contribution is -0.167. The maximum absolute atomic E-state index is 12.8. The predicted octanol–water partition coefficient (Wildman–Crippen LogP) is 18.5. The molecule has 384 valence electrons. The van der Waals surface area contributed by atoms with Crippen LogP contribution in [0.4, 0.5) is 0 Å². The topological polar surface area (TPSA) is 78.9 Å². The average molecular weight is 941 g/mol. The molecule has 0 aliphatic heterocycles. The zero-order chi connectivity index (χ0) is 49.3. The summed E-state index contributed by atoms with van der Waals surface area (Å²) in [6.45, 7) is 6.25. The number of ether oxygens (including phenoxy) is 3.